The first-order valence-corrected chi connectivity index (χ1v) is 8.67. The number of carbonyl (C=O) groups is 2. The lowest BCUT2D eigenvalue weighted by Gasteiger charge is -2.15. The maximum Gasteiger partial charge on any atom is 0.307 e. The molecule has 7 heteroatoms. The van der Waals surface area contributed by atoms with Gasteiger partial charge in [0.2, 0.25) is 5.91 Å². The summed E-state index contributed by atoms with van der Waals surface area (Å²) in [6.07, 6.45) is 2.94. The number of amides is 1. The van der Waals surface area contributed by atoms with E-state index in [1.807, 2.05) is 17.5 Å². The van der Waals surface area contributed by atoms with Gasteiger partial charge in [-0.1, -0.05) is 35.3 Å². The Morgan fingerprint density at radius 1 is 1.25 bits per heavy atom. The number of halogens is 2. The lowest BCUT2D eigenvalue weighted by molar-refractivity contribution is -0.141. The molecule has 0 bridgehead atoms. The maximum absolute atomic E-state index is 12.2. The van der Waals surface area contributed by atoms with E-state index in [0.29, 0.717) is 15.6 Å². The fourth-order valence-corrected chi connectivity index (χ4v) is 3.31. The van der Waals surface area contributed by atoms with Crippen molar-refractivity contribution in [3.05, 3.63) is 62.3 Å². The van der Waals surface area contributed by atoms with E-state index in [9.17, 15) is 9.59 Å². The average Bonchev–Trinajstić information content (AvgIpc) is 3.08. The van der Waals surface area contributed by atoms with Crippen LogP contribution < -0.4 is 5.32 Å². The number of rotatable bonds is 6. The summed E-state index contributed by atoms with van der Waals surface area (Å²) < 4.78 is 4.68. The maximum atomic E-state index is 12.2. The Hall–Kier alpha value is -1.82. The third kappa shape index (κ3) is 5.09. The van der Waals surface area contributed by atoms with E-state index in [0.717, 1.165) is 4.88 Å². The number of ether oxygens (including phenoxy) is 1. The van der Waals surface area contributed by atoms with Crippen molar-refractivity contribution in [1.82, 2.24) is 5.32 Å². The largest absolute Gasteiger partial charge is 0.469 e. The zero-order chi connectivity index (χ0) is 17.5. The Kier molecular flexibility index (Phi) is 6.85. The van der Waals surface area contributed by atoms with Gasteiger partial charge in [0.25, 0.3) is 0 Å². The Bertz CT molecular complexity index is 724. The van der Waals surface area contributed by atoms with Gasteiger partial charge in [-0.05, 0) is 29.7 Å². The number of hydrogen-bond donors (Lipinski definition) is 1. The second-order valence-electron chi connectivity index (χ2n) is 4.83. The first kappa shape index (κ1) is 18.5. The number of carbonyl (C=O) groups excluding carboxylic acids is 2. The van der Waals surface area contributed by atoms with Gasteiger partial charge >= 0.3 is 5.97 Å². The third-order valence-electron chi connectivity index (χ3n) is 3.20. The summed E-state index contributed by atoms with van der Waals surface area (Å²) >= 11 is 13.6. The first-order chi connectivity index (χ1) is 11.5. The van der Waals surface area contributed by atoms with E-state index in [1.165, 1.54) is 24.5 Å². The summed E-state index contributed by atoms with van der Waals surface area (Å²) in [5.74, 6) is -0.750. The highest BCUT2D eigenvalue weighted by molar-refractivity contribution is 7.10. The smallest absolute Gasteiger partial charge is 0.307 e. The zero-order valence-corrected chi connectivity index (χ0v) is 15.1. The number of thiophene rings is 1. The number of methoxy groups -OCH3 is 1. The molecule has 1 aromatic carbocycles. The van der Waals surface area contributed by atoms with Crippen molar-refractivity contribution < 1.29 is 14.3 Å². The van der Waals surface area contributed by atoms with Gasteiger partial charge < -0.3 is 10.1 Å². The highest BCUT2D eigenvalue weighted by Gasteiger charge is 2.19. The molecule has 1 unspecified atom stereocenters. The molecule has 0 radical (unpaired) electrons. The third-order valence-corrected chi connectivity index (χ3v) is 4.85. The molecule has 24 heavy (non-hydrogen) atoms. The van der Waals surface area contributed by atoms with Crippen molar-refractivity contribution in [2.75, 3.05) is 7.11 Å². The Morgan fingerprint density at radius 2 is 1.96 bits per heavy atom. The molecule has 0 spiro atoms. The number of esters is 1. The van der Waals surface area contributed by atoms with Crippen LogP contribution in [0.5, 0.6) is 0 Å². The van der Waals surface area contributed by atoms with Crippen LogP contribution in [0, 0.1) is 0 Å². The number of nitrogens with one attached hydrogen (secondary N) is 1. The SMILES string of the molecule is COC(=O)CC(NC(=O)/C=C/c1c(Cl)cccc1Cl)c1cccs1. The molecule has 0 aliphatic carbocycles. The summed E-state index contributed by atoms with van der Waals surface area (Å²) in [4.78, 5) is 24.6. The standard InChI is InChI=1S/C17H15Cl2NO3S/c1-23-17(22)10-14(15-6-3-9-24-15)20-16(21)8-7-11-12(18)4-2-5-13(11)19/h2-9,14H,10H2,1H3,(H,20,21)/b8-7+. The van der Waals surface area contributed by atoms with Crippen molar-refractivity contribution in [2.24, 2.45) is 0 Å². The van der Waals surface area contributed by atoms with Crippen molar-refractivity contribution >= 4 is 52.5 Å². The van der Waals surface area contributed by atoms with Crippen LogP contribution in [-0.2, 0) is 14.3 Å². The van der Waals surface area contributed by atoms with Crippen LogP contribution in [-0.4, -0.2) is 19.0 Å². The fourth-order valence-electron chi connectivity index (χ4n) is 2.01. The molecule has 0 aliphatic rings. The highest BCUT2D eigenvalue weighted by Crippen LogP contribution is 2.26. The topological polar surface area (TPSA) is 55.4 Å². The molecule has 2 rings (SSSR count). The van der Waals surface area contributed by atoms with E-state index >= 15 is 0 Å². The normalized spacial score (nSPS) is 12.1. The molecule has 126 valence electrons. The molecule has 1 atom stereocenters. The molecular weight excluding hydrogens is 369 g/mol. The summed E-state index contributed by atoms with van der Waals surface area (Å²) in [6.45, 7) is 0. The molecule has 4 nitrogen and oxygen atoms in total. The quantitative estimate of drug-likeness (QED) is 0.590. The van der Waals surface area contributed by atoms with E-state index in [-0.39, 0.29) is 12.3 Å². The van der Waals surface area contributed by atoms with Crippen LogP contribution >= 0.6 is 34.5 Å². The molecule has 1 amide bonds. The van der Waals surface area contributed by atoms with Gasteiger partial charge in [-0.3, -0.25) is 9.59 Å². The minimum atomic E-state index is -0.448. The molecule has 0 saturated carbocycles. The molecule has 0 aliphatic heterocycles. The number of hydrogen-bond acceptors (Lipinski definition) is 4. The van der Waals surface area contributed by atoms with Crippen LogP contribution in [0.4, 0.5) is 0 Å². The van der Waals surface area contributed by atoms with E-state index in [4.69, 9.17) is 23.2 Å². The molecule has 0 saturated heterocycles. The summed E-state index contributed by atoms with van der Waals surface area (Å²) in [5, 5.41) is 5.58. The monoisotopic (exact) mass is 383 g/mol. The van der Waals surface area contributed by atoms with Crippen molar-refractivity contribution in [2.45, 2.75) is 12.5 Å². The van der Waals surface area contributed by atoms with E-state index in [1.54, 1.807) is 24.3 Å². The van der Waals surface area contributed by atoms with Crippen LogP contribution in [0.1, 0.15) is 22.9 Å². The number of benzene rings is 1. The van der Waals surface area contributed by atoms with Crippen LogP contribution in [0.25, 0.3) is 6.08 Å². The van der Waals surface area contributed by atoms with Gasteiger partial charge in [-0.2, -0.15) is 0 Å². The van der Waals surface area contributed by atoms with Gasteiger partial charge in [0.1, 0.15) is 0 Å². The van der Waals surface area contributed by atoms with Crippen molar-refractivity contribution in [3.63, 3.8) is 0 Å². The van der Waals surface area contributed by atoms with Gasteiger partial charge in [-0.15, -0.1) is 11.3 Å². The van der Waals surface area contributed by atoms with Crippen molar-refractivity contribution in [1.29, 1.82) is 0 Å². The van der Waals surface area contributed by atoms with Crippen molar-refractivity contribution in [3.8, 4) is 0 Å². The Morgan fingerprint density at radius 3 is 2.54 bits per heavy atom. The fraction of sp³-hybridized carbons (Fsp3) is 0.176. The average molecular weight is 384 g/mol. The summed E-state index contributed by atoms with van der Waals surface area (Å²) in [7, 11) is 1.31. The van der Waals surface area contributed by atoms with E-state index < -0.39 is 12.0 Å². The summed E-state index contributed by atoms with van der Waals surface area (Å²) in [5.41, 5.74) is 0.566. The second kappa shape index (κ2) is 8.87. The minimum absolute atomic E-state index is 0.0590. The lowest BCUT2D eigenvalue weighted by Crippen LogP contribution is -2.28. The predicted octanol–water partition coefficient (Wildman–Crippen LogP) is 4.49. The zero-order valence-electron chi connectivity index (χ0n) is 12.8. The highest BCUT2D eigenvalue weighted by atomic mass is 35.5. The second-order valence-corrected chi connectivity index (χ2v) is 6.62. The lowest BCUT2D eigenvalue weighted by atomic mass is 10.1. The molecule has 0 fully saturated rings. The van der Waals surface area contributed by atoms with E-state index in [2.05, 4.69) is 10.1 Å². The Balaban J connectivity index is 2.10. The van der Waals surface area contributed by atoms with Crippen LogP contribution in [0.2, 0.25) is 10.0 Å². The van der Waals surface area contributed by atoms with Gasteiger partial charge in [-0.25, -0.2) is 0 Å². The molecule has 2 aromatic rings. The molecule has 1 aromatic heterocycles. The van der Waals surface area contributed by atoms with Crippen LogP contribution in [0.3, 0.4) is 0 Å². The predicted molar refractivity (Wildman–Crippen MR) is 97.3 cm³/mol. The van der Waals surface area contributed by atoms with Gasteiger partial charge in [0.05, 0.1) is 19.6 Å². The molecule has 1 heterocycles. The Labute approximate surface area is 154 Å². The first-order valence-electron chi connectivity index (χ1n) is 7.04. The van der Waals surface area contributed by atoms with Crippen LogP contribution in [0.15, 0.2) is 41.8 Å². The minimum Gasteiger partial charge on any atom is -0.469 e. The van der Waals surface area contributed by atoms with Gasteiger partial charge in [0, 0.05) is 26.6 Å². The molecule has 1 N–H and O–H groups in total. The van der Waals surface area contributed by atoms with Gasteiger partial charge in [0.15, 0.2) is 0 Å². The summed E-state index contributed by atoms with van der Waals surface area (Å²) in [6, 6.07) is 8.37. The molecular formula is C17H15Cl2NO3S.